The highest BCUT2D eigenvalue weighted by atomic mass is 35.5. The van der Waals surface area contributed by atoms with Crippen LogP contribution in [0, 0.1) is 0 Å². The highest BCUT2D eigenvalue weighted by molar-refractivity contribution is 6.18. The minimum absolute atomic E-state index is 0.756. The lowest BCUT2D eigenvalue weighted by atomic mass is 10.3. The van der Waals surface area contributed by atoms with E-state index in [0.29, 0.717) is 0 Å². The number of nitrogens with zero attached hydrogens (tertiary/aromatic N) is 2. The van der Waals surface area contributed by atoms with Crippen molar-refractivity contribution in [3.63, 3.8) is 0 Å². The zero-order valence-corrected chi connectivity index (χ0v) is 10.7. The van der Waals surface area contributed by atoms with E-state index >= 15 is 0 Å². The standard InChI is InChI=1S/C11H25ClN2/c1-4-5-9-14(11-7-12)10-6-8-13(2)3/h4-11H2,1-3H3. The van der Waals surface area contributed by atoms with Gasteiger partial charge >= 0.3 is 0 Å². The molecule has 14 heavy (non-hydrogen) atoms. The Kier molecular flexibility index (Phi) is 9.90. The first-order valence-corrected chi connectivity index (χ1v) is 6.17. The Morgan fingerprint density at radius 1 is 0.929 bits per heavy atom. The molecule has 86 valence electrons. The predicted octanol–water partition coefficient (Wildman–Crippen LogP) is 2.28. The Labute approximate surface area is 94.2 Å². The lowest BCUT2D eigenvalue weighted by molar-refractivity contribution is 0.264. The summed E-state index contributed by atoms with van der Waals surface area (Å²) in [5.41, 5.74) is 0. The topological polar surface area (TPSA) is 6.48 Å². The molecule has 0 aliphatic carbocycles. The minimum atomic E-state index is 0.756. The number of halogens is 1. The molecule has 2 nitrogen and oxygen atoms in total. The second-order valence-corrected chi connectivity index (χ2v) is 4.42. The van der Waals surface area contributed by atoms with E-state index in [1.165, 1.54) is 38.9 Å². The van der Waals surface area contributed by atoms with Crippen LogP contribution in [0.2, 0.25) is 0 Å². The Morgan fingerprint density at radius 2 is 1.57 bits per heavy atom. The van der Waals surface area contributed by atoms with Crippen molar-refractivity contribution >= 4 is 11.6 Å². The van der Waals surface area contributed by atoms with Crippen molar-refractivity contribution in [3.05, 3.63) is 0 Å². The molecule has 0 fully saturated rings. The third-order valence-electron chi connectivity index (χ3n) is 2.31. The molecule has 0 unspecified atom stereocenters. The molecule has 0 heterocycles. The summed E-state index contributed by atoms with van der Waals surface area (Å²) in [6.07, 6.45) is 3.80. The van der Waals surface area contributed by atoms with E-state index in [-0.39, 0.29) is 0 Å². The van der Waals surface area contributed by atoms with Crippen molar-refractivity contribution in [3.8, 4) is 0 Å². The Morgan fingerprint density at radius 3 is 2.07 bits per heavy atom. The van der Waals surface area contributed by atoms with Crippen LogP contribution >= 0.6 is 11.6 Å². The zero-order chi connectivity index (χ0) is 10.8. The molecular weight excluding hydrogens is 196 g/mol. The molecule has 0 bridgehead atoms. The van der Waals surface area contributed by atoms with Crippen LogP contribution in [0.15, 0.2) is 0 Å². The molecule has 0 aromatic carbocycles. The molecule has 0 rings (SSSR count). The summed E-state index contributed by atoms with van der Waals surface area (Å²) in [5.74, 6) is 0.756. The van der Waals surface area contributed by atoms with Crippen molar-refractivity contribution in [2.24, 2.45) is 0 Å². The van der Waals surface area contributed by atoms with E-state index < -0.39 is 0 Å². The maximum Gasteiger partial charge on any atom is 0.0351 e. The second-order valence-electron chi connectivity index (χ2n) is 4.04. The Bertz CT molecular complexity index is 118. The first-order valence-electron chi connectivity index (χ1n) is 5.63. The molecule has 0 radical (unpaired) electrons. The zero-order valence-electron chi connectivity index (χ0n) is 9.93. The van der Waals surface area contributed by atoms with Gasteiger partial charge in [-0.3, -0.25) is 0 Å². The number of hydrogen-bond acceptors (Lipinski definition) is 2. The maximum absolute atomic E-state index is 5.76. The van der Waals surface area contributed by atoms with Crippen LogP contribution in [-0.2, 0) is 0 Å². The third-order valence-corrected chi connectivity index (χ3v) is 2.48. The number of alkyl halides is 1. The fourth-order valence-corrected chi connectivity index (χ4v) is 1.69. The van der Waals surface area contributed by atoms with Crippen molar-refractivity contribution in [2.45, 2.75) is 26.2 Å². The monoisotopic (exact) mass is 220 g/mol. The molecule has 0 saturated carbocycles. The van der Waals surface area contributed by atoms with Gasteiger partial charge in [0, 0.05) is 12.4 Å². The van der Waals surface area contributed by atoms with Crippen molar-refractivity contribution in [1.82, 2.24) is 9.80 Å². The average Bonchev–Trinajstić information content (AvgIpc) is 2.13. The van der Waals surface area contributed by atoms with Gasteiger partial charge in [0.2, 0.25) is 0 Å². The van der Waals surface area contributed by atoms with Gasteiger partial charge in [0.05, 0.1) is 0 Å². The molecule has 0 atom stereocenters. The minimum Gasteiger partial charge on any atom is -0.309 e. The van der Waals surface area contributed by atoms with E-state index in [2.05, 4.69) is 30.8 Å². The average molecular weight is 221 g/mol. The van der Waals surface area contributed by atoms with Gasteiger partial charge in [-0.2, -0.15) is 0 Å². The molecule has 3 heteroatoms. The SMILES string of the molecule is CCCCN(CCCl)CCCN(C)C. The molecule has 0 aliphatic rings. The number of rotatable bonds is 9. The fraction of sp³-hybridized carbons (Fsp3) is 1.00. The van der Waals surface area contributed by atoms with Gasteiger partial charge < -0.3 is 9.80 Å². The van der Waals surface area contributed by atoms with Crippen molar-refractivity contribution in [1.29, 1.82) is 0 Å². The smallest absolute Gasteiger partial charge is 0.0351 e. The van der Waals surface area contributed by atoms with Gasteiger partial charge in [-0.05, 0) is 46.6 Å². The van der Waals surface area contributed by atoms with Crippen LogP contribution < -0.4 is 0 Å². The highest BCUT2D eigenvalue weighted by Crippen LogP contribution is 1.98. The van der Waals surface area contributed by atoms with Crippen LogP contribution in [0.5, 0.6) is 0 Å². The van der Waals surface area contributed by atoms with Gasteiger partial charge in [0.1, 0.15) is 0 Å². The van der Waals surface area contributed by atoms with Gasteiger partial charge in [-0.15, -0.1) is 11.6 Å². The largest absolute Gasteiger partial charge is 0.309 e. The Hall–Kier alpha value is 0.210. The van der Waals surface area contributed by atoms with E-state index in [9.17, 15) is 0 Å². The van der Waals surface area contributed by atoms with Crippen LogP contribution in [0.3, 0.4) is 0 Å². The van der Waals surface area contributed by atoms with Crippen molar-refractivity contribution in [2.75, 3.05) is 46.2 Å². The maximum atomic E-state index is 5.76. The van der Waals surface area contributed by atoms with Gasteiger partial charge in [-0.25, -0.2) is 0 Å². The molecule has 0 N–H and O–H groups in total. The summed E-state index contributed by atoms with van der Waals surface area (Å²) in [7, 11) is 4.25. The lowest BCUT2D eigenvalue weighted by Gasteiger charge is -2.21. The molecule has 0 aromatic heterocycles. The first kappa shape index (κ1) is 14.2. The number of hydrogen-bond donors (Lipinski definition) is 0. The number of unbranched alkanes of at least 4 members (excludes halogenated alkanes) is 1. The van der Waals surface area contributed by atoms with Crippen LogP contribution in [0.1, 0.15) is 26.2 Å². The Balaban J connectivity index is 3.50. The summed E-state index contributed by atoms with van der Waals surface area (Å²) < 4.78 is 0. The third kappa shape index (κ3) is 8.79. The summed E-state index contributed by atoms with van der Waals surface area (Å²) >= 11 is 5.76. The summed E-state index contributed by atoms with van der Waals surface area (Å²) in [4.78, 5) is 4.71. The van der Waals surface area contributed by atoms with E-state index in [4.69, 9.17) is 11.6 Å². The van der Waals surface area contributed by atoms with E-state index in [0.717, 1.165) is 12.4 Å². The normalized spacial score (nSPS) is 11.6. The molecule has 0 amide bonds. The summed E-state index contributed by atoms with van der Waals surface area (Å²) in [6, 6.07) is 0. The van der Waals surface area contributed by atoms with Gasteiger partial charge in [-0.1, -0.05) is 13.3 Å². The second kappa shape index (κ2) is 9.75. The molecule has 0 aliphatic heterocycles. The lowest BCUT2D eigenvalue weighted by Crippen LogP contribution is -2.30. The quantitative estimate of drug-likeness (QED) is 0.551. The van der Waals surface area contributed by atoms with Gasteiger partial charge in [0.25, 0.3) is 0 Å². The molecule has 0 aromatic rings. The summed E-state index contributed by atoms with van der Waals surface area (Å²) in [6.45, 7) is 6.83. The predicted molar refractivity (Wildman–Crippen MR) is 65.2 cm³/mol. The van der Waals surface area contributed by atoms with E-state index in [1.54, 1.807) is 0 Å². The highest BCUT2D eigenvalue weighted by Gasteiger charge is 2.02. The first-order chi connectivity index (χ1) is 6.70. The molecule has 0 spiro atoms. The molecular formula is C11H25ClN2. The van der Waals surface area contributed by atoms with Crippen LogP contribution in [-0.4, -0.2) is 56.0 Å². The van der Waals surface area contributed by atoms with Crippen LogP contribution in [0.25, 0.3) is 0 Å². The molecule has 0 saturated heterocycles. The van der Waals surface area contributed by atoms with Crippen LogP contribution in [0.4, 0.5) is 0 Å². The summed E-state index contributed by atoms with van der Waals surface area (Å²) in [5, 5.41) is 0. The fourth-order valence-electron chi connectivity index (χ4n) is 1.45. The van der Waals surface area contributed by atoms with Crippen molar-refractivity contribution < 1.29 is 0 Å². The van der Waals surface area contributed by atoms with Gasteiger partial charge in [0.15, 0.2) is 0 Å². The van der Waals surface area contributed by atoms with E-state index in [1.807, 2.05) is 0 Å².